The molecule has 0 unspecified atom stereocenters. The Bertz CT molecular complexity index is 479. The van der Waals surface area contributed by atoms with Crippen molar-refractivity contribution < 1.29 is 14.3 Å². The average Bonchev–Trinajstić information content (AvgIpc) is 2.54. The molecule has 0 bridgehead atoms. The molecule has 0 radical (unpaired) electrons. The summed E-state index contributed by atoms with van der Waals surface area (Å²) in [5.41, 5.74) is 0.293. The van der Waals surface area contributed by atoms with E-state index in [2.05, 4.69) is 12.2 Å². The molecule has 1 aromatic rings. The molecule has 1 aromatic carbocycles. The van der Waals surface area contributed by atoms with Crippen molar-refractivity contribution in [3.63, 3.8) is 0 Å². The molecule has 116 valence electrons. The Hall–Kier alpha value is -1.71. The maximum atomic E-state index is 12.3. The highest BCUT2D eigenvalue weighted by Gasteiger charge is 2.42. The minimum Gasteiger partial charge on any atom is -0.497 e. The minimum atomic E-state index is -0.604. The van der Waals surface area contributed by atoms with Crippen LogP contribution in [-0.4, -0.2) is 25.7 Å². The van der Waals surface area contributed by atoms with Crippen LogP contribution in [0.2, 0.25) is 0 Å². The number of methoxy groups -OCH3 is 2. The summed E-state index contributed by atoms with van der Waals surface area (Å²) in [5.74, 6) is 1.33. The number of rotatable bonds is 5. The van der Waals surface area contributed by atoms with Crippen molar-refractivity contribution in [1.29, 1.82) is 0 Å². The molecule has 21 heavy (non-hydrogen) atoms. The molecule has 1 N–H and O–H groups in total. The molecule has 0 amide bonds. The van der Waals surface area contributed by atoms with Crippen LogP contribution in [-0.2, 0) is 9.53 Å². The Kier molecular flexibility index (Phi) is 5.10. The number of anilines is 1. The monoisotopic (exact) mass is 291 g/mol. The van der Waals surface area contributed by atoms with Crippen LogP contribution in [0, 0.1) is 5.92 Å². The number of nitrogens with one attached hydrogen (secondary N) is 1. The lowest BCUT2D eigenvalue weighted by atomic mass is 9.75. The molecule has 0 aliphatic heterocycles. The Morgan fingerprint density at radius 3 is 2.62 bits per heavy atom. The normalized spacial score (nSPS) is 25.2. The smallest absolute Gasteiger partial charge is 0.331 e. The molecule has 0 heterocycles. The standard InChI is InChI=1S/C17H25NO3/c1-4-13-8-10-17(11-9-13,16(19)21-3)18-14-6-5-7-15(12-14)20-2/h5-7,12-13,18H,4,8-11H2,1-3H3. The first-order chi connectivity index (χ1) is 10.1. The highest BCUT2D eigenvalue weighted by atomic mass is 16.5. The molecule has 0 atom stereocenters. The molecule has 1 aliphatic rings. The van der Waals surface area contributed by atoms with E-state index in [9.17, 15) is 4.79 Å². The fraction of sp³-hybridized carbons (Fsp3) is 0.588. The lowest BCUT2D eigenvalue weighted by Crippen LogP contribution is -2.49. The first-order valence-corrected chi connectivity index (χ1v) is 7.64. The number of hydrogen-bond acceptors (Lipinski definition) is 4. The first kappa shape index (κ1) is 15.7. The van der Waals surface area contributed by atoms with Gasteiger partial charge in [-0.1, -0.05) is 19.4 Å². The summed E-state index contributed by atoms with van der Waals surface area (Å²) in [7, 11) is 3.10. The van der Waals surface area contributed by atoms with E-state index >= 15 is 0 Å². The fourth-order valence-corrected chi connectivity index (χ4v) is 3.13. The molecular formula is C17H25NO3. The number of hydrogen-bond donors (Lipinski definition) is 1. The van der Waals surface area contributed by atoms with Gasteiger partial charge in [-0.05, 0) is 43.7 Å². The van der Waals surface area contributed by atoms with Gasteiger partial charge < -0.3 is 14.8 Å². The Balaban J connectivity index is 2.19. The second-order valence-corrected chi connectivity index (χ2v) is 5.78. The minimum absolute atomic E-state index is 0.167. The second-order valence-electron chi connectivity index (χ2n) is 5.78. The van der Waals surface area contributed by atoms with Gasteiger partial charge in [-0.2, -0.15) is 0 Å². The molecule has 2 rings (SSSR count). The van der Waals surface area contributed by atoms with Gasteiger partial charge in [-0.25, -0.2) is 4.79 Å². The predicted octanol–water partition coefficient (Wildman–Crippen LogP) is 3.62. The molecule has 1 fully saturated rings. The highest BCUT2D eigenvalue weighted by Crippen LogP contribution is 2.37. The van der Waals surface area contributed by atoms with E-state index in [1.807, 2.05) is 24.3 Å². The summed E-state index contributed by atoms with van der Waals surface area (Å²) in [4.78, 5) is 12.3. The largest absolute Gasteiger partial charge is 0.497 e. The van der Waals surface area contributed by atoms with Gasteiger partial charge in [0, 0.05) is 11.8 Å². The summed E-state index contributed by atoms with van der Waals surface area (Å²) in [6, 6.07) is 7.68. The number of carbonyl (C=O) groups excluding carboxylic acids is 1. The molecule has 4 nitrogen and oxygen atoms in total. The van der Waals surface area contributed by atoms with Crippen LogP contribution < -0.4 is 10.1 Å². The van der Waals surface area contributed by atoms with Crippen molar-refractivity contribution >= 4 is 11.7 Å². The van der Waals surface area contributed by atoms with Crippen molar-refractivity contribution in [3.05, 3.63) is 24.3 Å². The number of ether oxygens (including phenoxy) is 2. The van der Waals surface area contributed by atoms with Gasteiger partial charge in [0.25, 0.3) is 0 Å². The topological polar surface area (TPSA) is 47.6 Å². The first-order valence-electron chi connectivity index (χ1n) is 7.64. The van der Waals surface area contributed by atoms with Crippen molar-refractivity contribution in [2.45, 2.75) is 44.6 Å². The summed E-state index contributed by atoms with van der Waals surface area (Å²) < 4.78 is 10.3. The molecule has 1 saturated carbocycles. The zero-order valence-electron chi connectivity index (χ0n) is 13.1. The van der Waals surface area contributed by atoms with Gasteiger partial charge in [-0.15, -0.1) is 0 Å². The maximum absolute atomic E-state index is 12.3. The molecule has 4 heteroatoms. The third-order valence-corrected chi connectivity index (χ3v) is 4.57. The SMILES string of the molecule is CCC1CCC(Nc2cccc(OC)c2)(C(=O)OC)CC1. The van der Waals surface area contributed by atoms with E-state index in [4.69, 9.17) is 9.47 Å². The van der Waals surface area contributed by atoms with E-state index in [0.717, 1.165) is 43.0 Å². The van der Waals surface area contributed by atoms with Gasteiger partial charge in [0.15, 0.2) is 0 Å². The summed E-state index contributed by atoms with van der Waals surface area (Å²) >= 11 is 0. The second kappa shape index (κ2) is 6.83. The van der Waals surface area contributed by atoms with Crippen molar-refractivity contribution in [1.82, 2.24) is 0 Å². The summed E-state index contributed by atoms with van der Waals surface area (Å²) in [5, 5.41) is 3.41. The van der Waals surface area contributed by atoms with E-state index < -0.39 is 5.54 Å². The zero-order chi connectivity index (χ0) is 15.3. The average molecular weight is 291 g/mol. The van der Waals surface area contributed by atoms with Crippen LogP contribution in [0.25, 0.3) is 0 Å². The van der Waals surface area contributed by atoms with Crippen LogP contribution in [0.5, 0.6) is 5.75 Å². The number of benzene rings is 1. The fourth-order valence-electron chi connectivity index (χ4n) is 3.13. The Morgan fingerprint density at radius 1 is 1.33 bits per heavy atom. The van der Waals surface area contributed by atoms with Gasteiger partial charge in [-0.3, -0.25) is 0 Å². The van der Waals surface area contributed by atoms with Gasteiger partial charge >= 0.3 is 5.97 Å². The third kappa shape index (κ3) is 3.49. The third-order valence-electron chi connectivity index (χ3n) is 4.57. The van der Waals surface area contributed by atoms with Gasteiger partial charge in [0.05, 0.1) is 14.2 Å². The van der Waals surface area contributed by atoms with Crippen molar-refractivity contribution in [3.8, 4) is 5.75 Å². The molecule has 0 aromatic heterocycles. The lowest BCUT2D eigenvalue weighted by molar-refractivity contribution is -0.147. The molecule has 1 aliphatic carbocycles. The van der Waals surface area contributed by atoms with E-state index in [1.54, 1.807) is 7.11 Å². The van der Waals surface area contributed by atoms with Gasteiger partial charge in [0.1, 0.15) is 11.3 Å². The van der Waals surface area contributed by atoms with Crippen LogP contribution in [0.1, 0.15) is 39.0 Å². The summed E-state index contributed by atoms with van der Waals surface area (Å²) in [6.45, 7) is 2.21. The zero-order valence-corrected chi connectivity index (χ0v) is 13.1. The van der Waals surface area contributed by atoms with Crippen LogP contribution in [0.15, 0.2) is 24.3 Å². The predicted molar refractivity (Wildman–Crippen MR) is 83.6 cm³/mol. The highest BCUT2D eigenvalue weighted by molar-refractivity contribution is 5.84. The Labute approximate surface area is 126 Å². The molecular weight excluding hydrogens is 266 g/mol. The molecule has 0 saturated heterocycles. The molecule has 0 spiro atoms. The van der Waals surface area contributed by atoms with Gasteiger partial charge in [0.2, 0.25) is 0 Å². The Morgan fingerprint density at radius 2 is 2.05 bits per heavy atom. The van der Waals surface area contributed by atoms with Crippen molar-refractivity contribution in [2.24, 2.45) is 5.92 Å². The van der Waals surface area contributed by atoms with Crippen LogP contribution >= 0.6 is 0 Å². The number of esters is 1. The lowest BCUT2D eigenvalue weighted by Gasteiger charge is -2.39. The van der Waals surface area contributed by atoms with Crippen LogP contribution in [0.3, 0.4) is 0 Å². The van der Waals surface area contributed by atoms with Crippen molar-refractivity contribution in [2.75, 3.05) is 19.5 Å². The van der Waals surface area contributed by atoms with E-state index in [-0.39, 0.29) is 5.97 Å². The van der Waals surface area contributed by atoms with E-state index in [1.165, 1.54) is 13.5 Å². The quantitative estimate of drug-likeness (QED) is 0.842. The summed E-state index contributed by atoms with van der Waals surface area (Å²) in [6.07, 6.45) is 4.92. The van der Waals surface area contributed by atoms with Crippen LogP contribution in [0.4, 0.5) is 5.69 Å². The maximum Gasteiger partial charge on any atom is 0.331 e. The van der Waals surface area contributed by atoms with E-state index in [0.29, 0.717) is 0 Å². The number of carbonyl (C=O) groups is 1.